The van der Waals surface area contributed by atoms with Gasteiger partial charge < -0.3 is 4.90 Å². The Labute approximate surface area is 60.8 Å². The minimum atomic E-state index is 0.0602. The van der Waals surface area contributed by atoms with Gasteiger partial charge in [0.1, 0.15) is 0 Å². The van der Waals surface area contributed by atoms with Gasteiger partial charge in [-0.1, -0.05) is 18.7 Å². The van der Waals surface area contributed by atoms with Crippen molar-refractivity contribution in [1.29, 1.82) is 0 Å². The molecule has 0 spiro atoms. The maximum absolute atomic E-state index is 11.1. The van der Waals surface area contributed by atoms with Gasteiger partial charge in [-0.05, 0) is 6.92 Å². The van der Waals surface area contributed by atoms with Gasteiger partial charge in [-0.2, -0.15) is 0 Å². The molecule has 1 rings (SSSR count). The second-order valence-electron chi connectivity index (χ2n) is 2.46. The molecule has 1 amide bonds. The number of carbonyl (C=O) groups is 1. The van der Waals surface area contributed by atoms with Crippen LogP contribution in [-0.2, 0) is 4.79 Å². The largest absolute Gasteiger partial charge is 0.332 e. The van der Waals surface area contributed by atoms with Crippen molar-refractivity contribution in [3.8, 4) is 0 Å². The Morgan fingerprint density at radius 3 is 2.40 bits per heavy atom. The molecular weight excluding hydrogens is 126 g/mol. The molecular formula is C8H11NO. The van der Waals surface area contributed by atoms with E-state index in [1.807, 2.05) is 12.2 Å². The summed E-state index contributed by atoms with van der Waals surface area (Å²) in [6, 6.07) is 0. The third kappa shape index (κ3) is 1.26. The van der Waals surface area contributed by atoms with E-state index in [0.29, 0.717) is 5.57 Å². The lowest BCUT2D eigenvalue weighted by atomic mass is 10.3. The van der Waals surface area contributed by atoms with Crippen LogP contribution in [0.3, 0.4) is 0 Å². The summed E-state index contributed by atoms with van der Waals surface area (Å²) in [5.41, 5.74) is 0.615. The summed E-state index contributed by atoms with van der Waals surface area (Å²) in [6.45, 7) is 6.80. The Morgan fingerprint density at radius 2 is 2.00 bits per heavy atom. The first-order valence-corrected chi connectivity index (χ1v) is 3.31. The van der Waals surface area contributed by atoms with E-state index < -0.39 is 0 Å². The van der Waals surface area contributed by atoms with Crippen LogP contribution in [-0.4, -0.2) is 23.9 Å². The van der Waals surface area contributed by atoms with Gasteiger partial charge in [-0.3, -0.25) is 4.79 Å². The van der Waals surface area contributed by atoms with E-state index in [4.69, 9.17) is 0 Å². The molecule has 0 aliphatic carbocycles. The minimum Gasteiger partial charge on any atom is -0.332 e. The van der Waals surface area contributed by atoms with Gasteiger partial charge in [-0.15, -0.1) is 0 Å². The zero-order valence-electron chi connectivity index (χ0n) is 6.13. The SMILES string of the molecule is C=C(C)C(=O)N1CC=CC1. The van der Waals surface area contributed by atoms with E-state index in [0.717, 1.165) is 13.1 Å². The molecule has 0 radical (unpaired) electrons. The van der Waals surface area contributed by atoms with Gasteiger partial charge in [-0.25, -0.2) is 0 Å². The Kier molecular flexibility index (Phi) is 1.90. The standard InChI is InChI=1S/C8H11NO/c1-7(2)8(10)9-5-3-4-6-9/h3-4H,1,5-6H2,2H3. The average molecular weight is 137 g/mol. The molecule has 2 nitrogen and oxygen atoms in total. The molecule has 0 fully saturated rings. The van der Waals surface area contributed by atoms with E-state index in [1.165, 1.54) is 0 Å². The molecule has 1 aliphatic heterocycles. The van der Waals surface area contributed by atoms with E-state index in [2.05, 4.69) is 6.58 Å². The molecule has 0 atom stereocenters. The lowest BCUT2D eigenvalue weighted by molar-refractivity contribution is -0.125. The van der Waals surface area contributed by atoms with Crippen LogP contribution in [0, 0.1) is 0 Å². The lowest BCUT2D eigenvalue weighted by Crippen LogP contribution is -2.28. The monoisotopic (exact) mass is 137 g/mol. The first-order chi connectivity index (χ1) is 4.72. The highest BCUT2D eigenvalue weighted by Gasteiger charge is 2.13. The molecule has 1 heterocycles. The predicted octanol–water partition coefficient (Wildman–Crippen LogP) is 0.961. The van der Waals surface area contributed by atoms with Gasteiger partial charge in [0.15, 0.2) is 0 Å². The third-order valence-corrected chi connectivity index (χ3v) is 1.47. The number of amides is 1. The fraction of sp³-hybridized carbons (Fsp3) is 0.375. The minimum absolute atomic E-state index is 0.0602. The smallest absolute Gasteiger partial charge is 0.249 e. The van der Waals surface area contributed by atoms with Crippen molar-refractivity contribution in [1.82, 2.24) is 4.90 Å². The van der Waals surface area contributed by atoms with E-state index in [9.17, 15) is 4.79 Å². The molecule has 1 aliphatic rings. The van der Waals surface area contributed by atoms with Crippen molar-refractivity contribution < 1.29 is 4.79 Å². The number of hydrogen-bond donors (Lipinski definition) is 0. The molecule has 54 valence electrons. The lowest BCUT2D eigenvalue weighted by Gasteiger charge is -2.14. The fourth-order valence-electron chi connectivity index (χ4n) is 0.914. The van der Waals surface area contributed by atoms with Crippen molar-refractivity contribution in [3.63, 3.8) is 0 Å². The normalized spacial score (nSPS) is 15.9. The number of nitrogens with zero attached hydrogens (tertiary/aromatic N) is 1. The summed E-state index contributed by atoms with van der Waals surface area (Å²) in [5.74, 6) is 0.0602. The van der Waals surface area contributed by atoms with Crippen molar-refractivity contribution in [2.24, 2.45) is 0 Å². The van der Waals surface area contributed by atoms with Crippen molar-refractivity contribution in [2.45, 2.75) is 6.92 Å². The summed E-state index contributed by atoms with van der Waals surface area (Å²) in [7, 11) is 0. The summed E-state index contributed by atoms with van der Waals surface area (Å²) in [6.07, 6.45) is 3.97. The Hall–Kier alpha value is -1.05. The van der Waals surface area contributed by atoms with Crippen molar-refractivity contribution in [3.05, 3.63) is 24.3 Å². The second kappa shape index (κ2) is 2.69. The van der Waals surface area contributed by atoms with Gasteiger partial charge in [0.2, 0.25) is 5.91 Å². The second-order valence-corrected chi connectivity index (χ2v) is 2.46. The van der Waals surface area contributed by atoms with Crippen molar-refractivity contribution >= 4 is 5.91 Å². The Morgan fingerprint density at radius 1 is 1.50 bits per heavy atom. The highest BCUT2D eigenvalue weighted by Crippen LogP contribution is 2.03. The summed E-state index contributed by atoms with van der Waals surface area (Å²) in [4.78, 5) is 12.9. The zero-order chi connectivity index (χ0) is 7.56. The first kappa shape index (κ1) is 7.06. The molecule has 0 aromatic heterocycles. The molecule has 0 unspecified atom stereocenters. The van der Waals surface area contributed by atoms with Crippen LogP contribution in [0.5, 0.6) is 0 Å². The van der Waals surface area contributed by atoms with Crippen LogP contribution in [0.4, 0.5) is 0 Å². The van der Waals surface area contributed by atoms with Crippen molar-refractivity contribution in [2.75, 3.05) is 13.1 Å². The molecule has 0 N–H and O–H groups in total. The maximum atomic E-state index is 11.1. The third-order valence-electron chi connectivity index (χ3n) is 1.47. The maximum Gasteiger partial charge on any atom is 0.249 e. The fourth-order valence-corrected chi connectivity index (χ4v) is 0.914. The predicted molar refractivity (Wildman–Crippen MR) is 40.5 cm³/mol. The van der Waals surface area contributed by atoms with Gasteiger partial charge in [0.05, 0.1) is 0 Å². The quantitative estimate of drug-likeness (QED) is 0.389. The number of carbonyl (C=O) groups excluding carboxylic acids is 1. The average Bonchev–Trinajstić information content (AvgIpc) is 2.36. The molecule has 10 heavy (non-hydrogen) atoms. The Bertz CT molecular complexity index is 185. The van der Waals surface area contributed by atoms with Crippen LogP contribution in [0.1, 0.15) is 6.92 Å². The number of rotatable bonds is 1. The van der Waals surface area contributed by atoms with Crippen LogP contribution < -0.4 is 0 Å². The topological polar surface area (TPSA) is 20.3 Å². The summed E-state index contributed by atoms with van der Waals surface area (Å²) >= 11 is 0. The highest BCUT2D eigenvalue weighted by atomic mass is 16.2. The first-order valence-electron chi connectivity index (χ1n) is 3.31. The molecule has 0 saturated carbocycles. The molecule has 0 aromatic carbocycles. The highest BCUT2D eigenvalue weighted by molar-refractivity contribution is 5.92. The van der Waals surface area contributed by atoms with Gasteiger partial charge in [0, 0.05) is 18.7 Å². The zero-order valence-corrected chi connectivity index (χ0v) is 6.13. The molecule has 0 saturated heterocycles. The molecule has 2 heteroatoms. The molecule has 0 aromatic rings. The number of hydrogen-bond acceptors (Lipinski definition) is 1. The van der Waals surface area contributed by atoms with E-state index in [1.54, 1.807) is 11.8 Å². The summed E-state index contributed by atoms with van der Waals surface area (Å²) in [5, 5.41) is 0. The van der Waals surface area contributed by atoms with Gasteiger partial charge in [0.25, 0.3) is 0 Å². The Balaban J connectivity index is 2.50. The van der Waals surface area contributed by atoms with Gasteiger partial charge >= 0.3 is 0 Å². The van der Waals surface area contributed by atoms with Crippen LogP contribution in [0.25, 0.3) is 0 Å². The van der Waals surface area contributed by atoms with E-state index >= 15 is 0 Å². The van der Waals surface area contributed by atoms with Crippen LogP contribution >= 0.6 is 0 Å². The molecule has 0 bridgehead atoms. The van der Waals surface area contributed by atoms with E-state index in [-0.39, 0.29) is 5.91 Å². The van der Waals surface area contributed by atoms with Crippen LogP contribution in [0.2, 0.25) is 0 Å². The summed E-state index contributed by atoms with van der Waals surface area (Å²) < 4.78 is 0. The van der Waals surface area contributed by atoms with Crippen LogP contribution in [0.15, 0.2) is 24.3 Å².